The highest BCUT2D eigenvalue weighted by molar-refractivity contribution is 14.1. The zero-order chi connectivity index (χ0) is 11.8. The summed E-state index contributed by atoms with van der Waals surface area (Å²) in [5.74, 6) is -0.0459. The molecule has 84 valence electrons. The number of nitrogens with zero attached hydrogens (tertiary/aromatic N) is 1. The molecule has 0 heterocycles. The van der Waals surface area contributed by atoms with Gasteiger partial charge in [0.25, 0.3) is 5.91 Å². The van der Waals surface area contributed by atoms with Crippen LogP contribution in [-0.4, -0.2) is 12.5 Å². The van der Waals surface area contributed by atoms with Gasteiger partial charge in [-0.2, -0.15) is 5.26 Å². The Labute approximate surface area is 109 Å². The summed E-state index contributed by atoms with van der Waals surface area (Å²) in [5, 5.41) is 11.2. The number of benzene rings is 1. The minimum absolute atomic E-state index is 0.0459. The quantitative estimate of drug-likeness (QED) is 0.667. The first-order chi connectivity index (χ1) is 7.74. The van der Waals surface area contributed by atoms with E-state index in [0.717, 1.165) is 16.4 Å². The molecule has 0 spiro atoms. The third-order valence-corrected chi connectivity index (χ3v) is 2.76. The van der Waals surface area contributed by atoms with Crippen molar-refractivity contribution in [2.45, 2.75) is 19.3 Å². The lowest BCUT2D eigenvalue weighted by Gasteiger charge is -2.04. The monoisotopic (exact) mass is 328 g/mol. The number of halogens is 1. The van der Waals surface area contributed by atoms with E-state index in [-0.39, 0.29) is 5.91 Å². The van der Waals surface area contributed by atoms with Crippen LogP contribution in [0.4, 0.5) is 0 Å². The van der Waals surface area contributed by atoms with Gasteiger partial charge >= 0.3 is 0 Å². The molecule has 0 aliphatic rings. The third-order valence-electron chi connectivity index (χ3n) is 2.09. The number of carbonyl (C=O) groups excluding carboxylic acids is 1. The minimum atomic E-state index is -0.0459. The molecular weight excluding hydrogens is 315 g/mol. The molecule has 1 aromatic carbocycles. The van der Waals surface area contributed by atoms with E-state index in [1.54, 1.807) is 6.07 Å². The van der Waals surface area contributed by atoms with Crippen molar-refractivity contribution in [2.24, 2.45) is 0 Å². The normalized spacial score (nSPS) is 9.50. The Balaban J connectivity index is 2.33. The summed E-state index contributed by atoms with van der Waals surface area (Å²) >= 11 is 2.18. The topological polar surface area (TPSA) is 52.9 Å². The molecule has 1 rings (SSSR count). The van der Waals surface area contributed by atoms with E-state index in [2.05, 4.69) is 34.0 Å². The van der Waals surface area contributed by atoms with Crippen molar-refractivity contribution in [3.63, 3.8) is 0 Å². The molecule has 1 aromatic rings. The molecule has 0 atom stereocenters. The van der Waals surface area contributed by atoms with Gasteiger partial charge in [-0.3, -0.25) is 4.79 Å². The molecule has 4 heteroatoms. The van der Waals surface area contributed by atoms with Crippen LogP contribution in [-0.2, 0) is 0 Å². The van der Waals surface area contributed by atoms with Crippen LogP contribution < -0.4 is 5.32 Å². The van der Waals surface area contributed by atoms with Gasteiger partial charge in [0, 0.05) is 22.1 Å². The average Bonchev–Trinajstić information content (AvgIpc) is 2.28. The third kappa shape index (κ3) is 4.62. The lowest BCUT2D eigenvalue weighted by molar-refractivity contribution is 0.0953. The second-order valence-electron chi connectivity index (χ2n) is 3.38. The molecule has 0 saturated carbocycles. The van der Waals surface area contributed by atoms with Crippen LogP contribution in [0.1, 0.15) is 29.6 Å². The summed E-state index contributed by atoms with van der Waals surface area (Å²) in [7, 11) is 0. The Morgan fingerprint density at radius 1 is 1.44 bits per heavy atom. The largest absolute Gasteiger partial charge is 0.352 e. The number of amides is 1. The lowest BCUT2D eigenvalue weighted by atomic mass is 10.2. The molecular formula is C12H13IN2O. The maximum Gasteiger partial charge on any atom is 0.251 e. The first-order valence-corrected chi connectivity index (χ1v) is 6.22. The summed E-state index contributed by atoms with van der Waals surface area (Å²) in [4.78, 5) is 11.7. The SMILES string of the molecule is N#CCCCCNC(=O)c1cccc(I)c1. The molecule has 16 heavy (non-hydrogen) atoms. The van der Waals surface area contributed by atoms with E-state index >= 15 is 0 Å². The molecule has 0 fully saturated rings. The van der Waals surface area contributed by atoms with Gasteiger partial charge < -0.3 is 5.32 Å². The standard InChI is InChI=1S/C12H13IN2O/c13-11-6-4-5-10(9-11)12(16)15-8-3-1-2-7-14/h4-6,9H,1-3,8H2,(H,15,16). The second kappa shape index (κ2) is 7.23. The number of nitriles is 1. The summed E-state index contributed by atoms with van der Waals surface area (Å²) < 4.78 is 1.05. The van der Waals surface area contributed by atoms with Crippen molar-refractivity contribution in [2.75, 3.05) is 6.54 Å². The number of hydrogen-bond donors (Lipinski definition) is 1. The van der Waals surface area contributed by atoms with Gasteiger partial charge in [0.1, 0.15) is 0 Å². The molecule has 0 saturated heterocycles. The van der Waals surface area contributed by atoms with Crippen LogP contribution in [0.15, 0.2) is 24.3 Å². The van der Waals surface area contributed by atoms with Crippen molar-refractivity contribution in [1.82, 2.24) is 5.32 Å². The van der Waals surface area contributed by atoms with E-state index in [4.69, 9.17) is 5.26 Å². The van der Waals surface area contributed by atoms with Crippen molar-refractivity contribution >= 4 is 28.5 Å². The van der Waals surface area contributed by atoms with Gasteiger partial charge in [-0.25, -0.2) is 0 Å². The molecule has 0 radical (unpaired) electrons. The van der Waals surface area contributed by atoms with Crippen LogP contribution in [0, 0.1) is 14.9 Å². The maximum absolute atomic E-state index is 11.7. The zero-order valence-corrected chi connectivity index (χ0v) is 11.0. The van der Waals surface area contributed by atoms with Crippen molar-refractivity contribution < 1.29 is 4.79 Å². The Morgan fingerprint density at radius 2 is 2.25 bits per heavy atom. The number of rotatable bonds is 5. The van der Waals surface area contributed by atoms with Gasteiger partial charge in [-0.1, -0.05) is 6.07 Å². The lowest BCUT2D eigenvalue weighted by Crippen LogP contribution is -2.24. The summed E-state index contributed by atoms with van der Waals surface area (Å²) in [6.07, 6.45) is 2.24. The van der Waals surface area contributed by atoms with Gasteiger partial charge in [-0.05, 0) is 53.6 Å². The van der Waals surface area contributed by atoms with Gasteiger partial charge in [0.2, 0.25) is 0 Å². The van der Waals surface area contributed by atoms with Crippen molar-refractivity contribution in [3.8, 4) is 6.07 Å². The summed E-state index contributed by atoms with van der Waals surface area (Å²) in [6.45, 7) is 0.631. The van der Waals surface area contributed by atoms with E-state index in [1.165, 1.54) is 0 Å². The van der Waals surface area contributed by atoms with E-state index < -0.39 is 0 Å². The van der Waals surface area contributed by atoms with E-state index in [1.807, 2.05) is 18.2 Å². The molecule has 1 amide bonds. The molecule has 0 aromatic heterocycles. The Hall–Kier alpha value is -1.09. The van der Waals surface area contributed by atoms with Crippen LogP contribution in [0.25, 0.3) is 0 Å². The second-order valence-corrected chi connectivity index (χ2v) is 4.63. The highest BCUT2D eigenvalue weighted by Gasteiger charge is 2.03. The number of unbranched alkanes of at least 4 members (excludes halogenated alkanes) is 2. The predicted molar refractivity (Wildman–Crippen MR) is 71.0 cm³/mol. The molecule has 0 aliphatic carbocycles. The maximum atomic E-state index is 11.7. The molecule has 3 nitrogen and oxygen atoms in total. The van der Waals surface area contributed by atoms with Gasteiger partial charge in [0.05, 0.1) is 6.07 Å². The van der Waals surface area contributed by atoms with E-state index in [9.17, 15) is 4.79 Å². The molecule has 1 N–H and O–H groups in total. The fourth-order valence-corrected chi connectivity index (χ4v) is 1.81. The predicted octanol–water partition coefficient (Wildman–Crippen LogP) is 2.71. The Morgan fingerprint density at radius 3 is 2.94 bits per heavy atom. The molecule has 0 unspecified atom stereocenters. The van der Waals surface area contributed by atoms with Crippen molar-refractivity contribution in [1.29, 1.82) is 5.26 Å². The average molecular weight is 328 g/mol. The first kappa shape index (κ1) is 13.0. The highest BCUT2D eigenvalue weighted by Crippen LogP contribution is 2.07. The van der Waals surface area contributed by atoms with Gasteiger partial charge in [-0.15, -0.1) is 0 Å². The highest BCUT2D eigenvalue weighted by atomic mass is 127. The first-order valence-electron chi connectivity index (χ1n) is 5.15. The number of nitrogens with one attached hydrogen (secondary N) is 1. The van der Waals surface area contributed by atoms with Crippen LogP contribution in [0.3, 0.4) is 0 Å². The van der Waals surface area contributed by atoms with Crippen LogP contribution in [0.2, 0.25) is 0 Å². The minimum Gasteiger partial charge on any atom is -0.352 e. The number of carbonyl (C=O) groups is 1. The Kier molecular flexibility index (Phi) is 5.86. The summed E-state index contributed by atoms with van der Waals surface area (Å²) in [5.41, 5.74) is 0.687. The smallest absolute Gasteiger partial charge is 0.251 e. The van der Waals surface area contributed by atoms with Gasteiger partial charge in [0.15, 0.2) is 0 Å². The molecule has 0 aliphatic heterocycles. The molecule has 0 bridgehead atoms. The number of hydrogen-bond acceptors (Lipinski definition) is 2. The fraction of sp³-hybridized carbons (Fsp3) is 0.333. The van der Waals surface area contributed by atoms with Crippen LogP contribution in [0.5, 0.6) is 0 Å². The zero-order valence-electron chi connectivity index (χ0n) is 8.87. The fourth-order valence-electron chi connectivity index (χ4n) is 1.26. The Bertz CT molecular complexity index is 398. The van der Waals surface area contributed by atoms with Crippen molar-refractivity contribution in [3.05, 3.63) is 33.4 Å². The summed E-state index contributed by atoms with van der Waals surface area (Å²) in [6, 6.07) is 9.55. The van der Waals surface area contributed by atoms with E-state index in [0.29, 0.717) is 18.5 Å². The van der Waals surface area contributed by atoms with Crippen LogP contribution >= 0.6 is 22.6 Å².